The van der Waals surface area contributed by atoms with Crippen molar-refractivity contribution in [2.75, 3.05) is 6.54 Å². The van der Waals surface area contributed by atoms with Crippen LogP contribution in [-0.4, -0.2) is 23.7 Å². The van der Waals surface area contributed by atoms with Gasteiger partial charge in [0.1, 0.15) is 6.26 Å². The fraction of sp³-hybridized carbons (Fsp3) is 0.600. The fourth-order valence-corrected chi connectivity index (χ4v) is 1.19. The van der Waals surface area contributed by atoms with Gasteiger partial charge in [-0.05, 0) is 5.41 Å². The average Bonchev–Trinajstić information content (AvgIpc) is 2.64. The van der Waals surface area contributed by atoms with E-state index in [0.717, 1.165) is 0 Å². The maximum absolute atomic E-state index is 11.6. The molecule has 0 spiro atoms. The minimum Gasteiger partial charge on any atom is -0.364 e. The summed E-state index contributed by atoms with van der Waals surface area (Å²) in [4.78, 5) is 11.6. The zero-order chi connectivity index (χ0) is 11.5. The van der Waals surface area contributed by atoms with Crippen LogP contribution < -0.4 is 11.1 Å². The van der Waals surface area contributed by atoms with Crippen molar-refractivity contribution >= 4 is 5.91 Å². The number of nitrogens with zero attached hydrogens (tertiary/aromatic N) is 1. The number of nitrogens with two attached hydrogens (primary N) is 1. The van der Waals surface area contributed by atoms with Gasteiger partial charge in [0, 0.05) is 18.7 Å². The minimum atomic E-state index is -0.255. The number of hydrogen-bond acceptors (Lipinski definition) is 4. The number of carbonyl (C=O) groups is 1. The maximum atomic E-state index is 11.6. The second-order valence-corrected chi connectivity index (χ2v) is 4.51. The highest BCUT2D eigenvalue weighted by Crippen LogP contribution is 2.18. The van der Waals surface area contributed by atoms with Crippen LogP contribution in [0.3, 0.4) is 0 Å². The van der Waals surface area contributed by atoms with Crippen LogP contribution >= 0.6 is 0 Å². The summed E-state index contributed by atoms with van der Waals surface area (Å²) in [5.74, 6) is -0.255. The van der Waals surface area contributed by atoms with Crippen LogP contribution in [0.4, 0.5) is 0 Å². The van der Waals surface area contributed by atoms with Gasteiger partial charge in [0.15, 0.2) is 5.69 Å². The van der Waals surface area contributed by atoms with Crippen molar-refractivity contribution in [1.29, 1.82) is 0 Å². The molecule has 0 aliphatic carbocycles. The Bertz CT molecular complexity index is 314. The lowest BCUT2D eigenvalue weighted by molar-refractivity contribution is 0.0896. The van der Waals surface area contributed by atoms with Gasteiger partial charge in [-0.2, -0.15) is 0 Å². The fourth-order valence-electron chi connectivity index (χ4n) is 1.19. The zero-order valence-corrected chi connectivity index (χ0v) is 9.28. The molecule has 0 radical (unpaired) electrons. The smallest absolute Gasteiger partial charge is 0.273 e. The summed E-state index contributed by atoms with van der Waals surface area (Å²) in [5.41, 5.74) is 5.80. The van der Waals surface area contributed by atoms with Crippen LogP contribution in [0, 0.1) is 5.41 Å². The Morgan fingerprint density at radius 3 is 2.73 bits per heavy atom. The highest BCUT2D eigenvalue weighted by Gasteiger charge is 2.25. The summed E-state index contributed by atoms with van der Waals surface area (Å²) in [6, 6.07) is 1.44. The van der Waals surface area contributed by atoms with Gasteiger partial charge in [0.2, 0.25) is 0 Å². The Kier molecular flexibility index (Phi) is 3.47. The maximum Gasteiger partial charge on any atom is 0.273 e. The molecule has 0 saturated heterocycles. The Morgan fingerprint density at radius 2 is 2.33 bits per heavy atom. The summed E-state index contributed by atoms with van der Waals surface area (Å²) in [6.07, 6.45) is 1.36. The van der Waals surface area contributed by atoms with Crippen LogP contribution in [0.25, 0.3) is 0 Å². The molecule has 0 bridgehead atoms. The molecular formula is C10H17N3O2. The van der Waals surface area contributed by atoms with Gasteiger partial charge in [0.05, 0.1) is 0 Å². The third-order valence-electron chi connectivity index (χ3n) is 2.26. The number of carbonyl (C=O) groups excluding carboxylic acids is 1. The van der Waals surface area contributed by atoms with Crippen molar-refractivity contribution < 1.29 is 9.32 Å². The van der Waals surface area contributed by atoms with Crippen molar-refractivity contribution in [1.82, 2.24) is 10.5 Å². The average molecular weight is 211 g/mol. The van der Waals surface area contributed by atoms with Gasteiger partial charge in [-0.3, -0.25) is 4.79 Å². The summed E-state index contributed by atoms with van der Waals surface area (Å²) in [7, 11) is 0. The molecule has 1 aromatic heterocycles. The predicted molar refractivity (Wildman–Crippen MR) is 56.3 cm³/mol. The number of amides is 1. The number of aromatic nitrogens is 1. The van der Waals surface area contributed by atoms with E-state index in [2.05, 4.69) is 15.0 Å². The highest BCUT2D eigenvalue weighted by atomic mass is 16.5. The van der Waals surface area contributed by atoms with Gasteiger partial charge < -0.3 is 15.6 Å². The van der Waals surface area contributed by atoms with Crippen LogP contribution in [-0.2, 0) is 0 Å². The number of hydrogen-bond donors (Lipinski definition) is 2. The third-order valence-corrected chi connectivity index (χ3v) is 2.26. The van der Waals surface area contributed by atoms with E-state index in [4.69, 9.17) is 5.73 Å². The van der Waals surface area contributed by atoms with Gasteiger partial charge in [-0.25, -0.2) is 0 Å². The molecular weight excluding hydrogens is 194 g/mol. The molecule has 0 aliphatic heterocycles. The highest BCUT2D eigenvalue weighted by molar-refractivity contribution is 5.92. The monoisotopic (exact) mass is 211 g/mol. The lowest BCUT2D eigenvalue weighted by Gasteiger charge is -2.29. The summed E-state index contributed by atoms with van der Waals surface area (Å²) in [5, 5.41) is 6.38. The first-order valence-corrected chi connectivity index (χ1v) is 4.86. The lowest BCUT2D eigenvalue weighted by atomic mass is 9.87. The van der Waals surface area contributed by atoms with E-state index in [0.29, 0.717) is 6.54 Å². The van der Waals surface area contributed by atoms with Crippen LogP contribution in [0.5, 0.6) is 0 Å². The molecule has 0 fully saturated rings. The lowest BCUT2D eigenvalue weighted by Crippen LogP contribution is -2.48. The minimum absolute atomic E-state index is 0.0753. The van der Waals surface area contributed by atoms with Crippen molar-refractivity contribution in [3.8, 4) is 0 Å². The van der Waals surface area contributed by atoms with E-state index >= 15 is 0 Å². The van der Waals surface area contributed by atoms with Gasteiger partial charge in [-0.1, -0.05) is 25.9 Å². The van der Waals surface area contributed by atoms with E-state index < -0.39 is 0 Å². The molecule has 1 unspecified atom stereocenters. The van der Waals surface area contributed by atoms with Crippen molar-refractivity contribution in [3.63, 3.8) is 0 Å². The molecule has 0 aromatic carbocycles. The topological polar surface area (TPSA) is 81.1 Å². The number of rotatable bonds is 3. The molecule has 1 aromatic rings. The molecule has 1 atom stereocenters. The Labute approximate surface area is 89.0 Å². The Balaban J connectivity index is 2.65. The molecule has 3 N–H and O–H groups in total. The van der Waals surface area contributed by atoms with Crippen molar-refractivity contribution in [3.05, 3.63) is 18.0 Å². The van der Waals surface area contributed by atoms with E-state index in [1.165, 1.54) is 12.3 Å². The van der Waals surface area contributed by atoms with E-state index in [1.54, 1.807) is 0 Å². The second-order valence-electron chi connectivity index (χ2n) is 4.51. The molecule has 0 aliphatic rings. The first kappa shape index (κ1) is 11.7. The molecule has 15 heavy (non-hydrogen) atoms. The summed E-state index contributed by atoms with van der Waals surface area (Å²) < 4.78 is 4.59. The molecule has 1 rings (SSSR count). The Morgan fingerprint density at radius 1 is 1.67 bits per heavy atom. The molecule has 5 heteroatoms. The second kappa shape index (κ2) is 4.44. The van der Waals surface area contributed by atoms with E-state index in [9.17, 15) is 4.79 Å². The predicted octanol–water partition coefficient (Wildman–Crippen LogP) is 0.778. The van der Waals surface area contributed by atoms with Gasteiger partial charge >= 0.3 is 0 Å². The summed E-state index contributed by atoms with van der Waals surface area (Å²) in [6.45, 7) is 6.46. The first-order chi connectivity index (χ1) is 6.95. The largest absolute Gasteiger partial charge is 0.364 e. The van der Waals surface area contributed by atoms with Crippen molar-refractivity contribution in [2.45, 2.75) is 26.8 Å². The van der Waals surface area contributed by atoms with Crippen molar-refractivity contribution in [2.24, 2.45) is 11.1 Å². The normalized spacial score (nSPS) is 13.6. The van der Waals surface area contributed by atoms with Gasteiger partial charge in [0.25, 0.3) is 5.91 Å². The number of nitrogens with one attached hydrogen (secondary N) is 1. The van der Waals surface area contributed by atoms with Gasteiger partial charge in [-0.15, -0.1) is 0 Å². The van der Waals surface area contributed by atoms with E-state index in [-0.39, 0.29) is 23.1 Å². The molecule has 0 saturated carbocycles. The third kappa shape index (κ3) is 3.06. The Hall–Kier alpha value is -1.36. The molecule has 1 heterocycles. The van der Waals surface area contributed by atoms with E-state index in [1.807, 2.05) is 20.8 Å². The van der Waals surface area contributed by atoms with Crippen LogP contribution in [0.2, 0.25) is 0 Å². The van der Waals surface area contributed by atoms with Crippen LogP contribution in [0.1, 0.15) is 31.3 Å². The zero-order valence-electron chi connectivity index (χ0n) is 9.28. The molecule has 5 nitrogen and oxygen atoms in total. The molecule has 1 amide bonds. The SMILES string of the molecule is CC(C)(C)C(CN)NC(=O)c1ccon1. The standard InChI is InChI=1S/C10H17N3O2/c1-10(2,3)8(6-11)12-9(14)7-4-5-15-13-7/h4-5,8H,6,11H2,1-3H3,(H,12,14). The molecule has 84 valence electrons. The van der Waals surface area contributed by atoms with Crippen LogP contribution in [0.15, 0.2) is 16.9 Å². The summed E-state index contributed by atoms with van der Waals surface area (Å²) >= 11 is 0. The first-order valence-electron chi connectivity index (χ1n) is 4.86. The quantitative estimate of drug-likeness (QED) is 0.774.